The second-order valence-electron chi connectivity index (χ2n) is 7.97. The second-order valence-corrected chi connectivity index (χ2v) is 7.97. The van der Waals surface area contributed by atoms with Crippen molar-refractivity contribution >= 4 is 28.4 Å². The van der Waals surface area contributed by atoms with E-state index in [-0.39, 0.29) is 11.7 Å². The van der Waals surface area contributed by atoms with Crippen LogP contribution in [0.2, 0.25) is 0 Å². The monoisotopic (exact) mass is 421 g/mol. The van der Waals surface area contributed by atoms with Crippen LogP contribution in [0.15, 0.2) is 47.3 Å². The Labute approximate surface area is 182 Å². The molecule has 1 aromatic heterocycles. The first kappa shape index (κ1) is 21.0. The molecule has 31 heavy (non-hydrogen) atoms. The van der Waals surface area contributed by atoms with Crippen LogP contribution in [0.3, 0.4) is 0 Å². The molecule has 3 aromatic rings. The topological polar surface area (TPSA) is 71.3 Å². The van der Waals surface area contributed by atoms with Crippen LogP contribution in [0.4, 0.5) is 16.2 Å². The molecule has 1 aliphatic rings. The van der Waals surface area contributed by atoms with Gasteiger partial charge >= 0.3 is 11.7 Å². The number of hydrogen-bond acceptors (Lipinski definition) is 3. The molecule has 0 spiro atoms. The number of hydrogen-bond donors (Lipinski definition) is 2. The summed E-state index contributed by atoms with van der Waals surface area (Å²) in [5.74, 6) is 0. The van der Waals surface area contributed by atoms with Crippen LogP contribution in [0.1, 0.15) is 38.7 Å². The van der Waals surface area contributed by atoms with Gasteiger partial charge in [-0.25, -0.2) is 9.59 Å². The molecule has 2 N–H and O–H groups in total. The van der Waals surface area contributed by atoms with E-state index in [2.05, 4.69) is 21.6 Å². The number of aryl methyl sites for hydroxylation is 2. The lowest BCUT2D eigenvalue weighted by atomic mass is 10.1. The van der Waals surface area contributed by atoms with Crippen molar-refractivity contribution in [1.29, 1.82) is 0 Å². The summed E-state index contributed by atoms with van der Waals surface area (Å²) in [4.78, 5) is 27.9. The summed E-state index contributed by atoms with van der Waals surface area (Å²) < 4.78 is 3.58. The molecular weight excluding hydrogens is 390 g/mol. The third-order valence-corrected chi connectivity index (χ3v) is 6.01. The first-order valence-electron chi connectivity index (χ1n) is 11.2. The van der Waals surface area contributed by atoms with Gasteiger partial charge in [-0.1, -0.05) is 30.3 Å². The molecule has 0 unspecified atom stereocenters. The summed E-state index contributed by atoms with van der Waals surface area (Å²) in [6, 6.07) is 13.6. The Kier molecular flexibility index (Phi) is 6.30. The number of urea groups is 1. The SMILES string of the molecule is CCn1c(=O)n(CC)c2cc(N3CCCCC3)c(NC(=O)NCc3ccccc3)cc21. The Morgan fingerprint density at radius 1 is 0.935 bits per heavy atom. The lowest BCUT2D eigenvalue weighted by Crippen LogP contribution is -2.32. The molecule has 1 fully saturated rings. The number of rotatable bonds is 6. The van der Waals surface area contributed by atoms with Crippen LogP contribution in [-0.2, 0) is 19.6 Å². The van der Waals surface area contributed by atoms with Gasteiger partial charge in [0, 0.05) is 32.7 Å². The highest BCUT2D eigenvalue weighted by atomic mass is 16.2. The van der Waals surface area contributed by atoms with Crippen molar-refractivity contribution in [2.45, 2.75) is 52.7 Å². The summed E-state index contributed by atoms with van der Waals surface area (Å²) in [6.07, 6.45) is 3.49. The van der Waals surface area contributed by atoms with Crippen molar-refractivity contribution in [3.8, 4) is 0 Å². The molecule has 2 amide bonds. The van der Waals surface area contributed by atoms with E-state index in [1.807, 2.05) is 54.8 Å². The Morgan fingerprint density at radius 2 is 1.58 bits per heavy atom. The fourth-order valence-electron chi connectivity index (χ4n) is 4.40. The number of anilines is 2. The lowest BCUT2D eigenvalue weighted by molar-refractivity contribution is 0.251. The maximum atomic E-state index is 12.8. The first-order valence-corrected chi connectivity index (χ1v) is 11.2. The Hall–Kier alpha value is -3.22. The van der Waals surface area contributed by atoms with Crippen molar-refractivity contribution in [3.05, 3.63) is 58.5 Å². The predicted molar refractivity (Wildman–Crippen MR) is 126 cm³/mol. The number of nitrogens with one attached hydrogen (secondary N) is 2. The van der Waals surface area contributed by atoms with Crippen LogP contribution in [0.25, 0.3) is 11.0 Å². The maximum absolute atomic E-state index is 12.8. The van der Waals surface area contributed by atoms with E-state index in [4.69, 9.17) is 0 Å². The zero-order chi connectivity index (χ0) is 21.8. The van der Waals surface area contributed by atoms with Crippen molar-refractivity contribution in [1.82, 2.24) is 14.5 Å². The van der Waals surface area contributed by atoms with Crippen molar-refractivity contribution in [3.63, 3.8) is 0 Å². The van der Waals surface area contributed by atoms with Gasteiger partial charge in [0.1, 0.15) is 0 Å². The highest BCUT2D eigenvalue weighted by Crippen LogP contribution is 2.33. The number of carbonyl (C=O) groups excluding carboxylic acids is 1. The molecule has 0 bridgehead atoms. The molecule has 2 heterocycles. The minimum atomic E-state index is -0.248. The van der Waals surface area contributed by atoms with E-state index < -0.39 is 0 Å². The number of fused-ring (bicyclic) bond motifs is 1. The fourth-order valence-corrected chi connectivity index (χ4v) is 4.40. The summed E-state index contributed by atoms with van der Waals surface area (Å²) >= 11 is 0. The minimum absolute atomic E-state index is 0.00438. The largest absolute Gasteiger partial charge is 0.370 e. The van der Waals surface area contributed by atoms with E-state index in [0.717, 1.165) is 53.9 Å². The molecule has 0 atom stereocenters. The van der Waals surface area contributed by atoms with E-state index in [1.54, 1.807) is 4.57 Å². The minimum Gasteiger partial charge on any atom is -0.370 e. The number of piperidine rings is 1. The molecule has 0 radical (unpaired) electrons. The Bertz CT molecular complexity index is 1110. The van der Waals surface area contributed by atoms with Crippen LogP contribution in [0.5, 0.6) is 0 Å². The molecule has 2 aromatic carbocycles. The summed E-state index contributed by atoms with van der Waals surface area (Å²) in [6.45, 7) is 7.54. The molecule has 7 nitrogen and oxygen atoms in total. The second kappa shape index (κ2) is 9.29. The number of nitrogens with zero attached hydrogens (tertiary/aromatic N) is 3. The van der Waals surface area contributed by atoms with Gasteiger partial charge in [0.2, 0.25) is 0 Å². The van der Waals surface area contributed by atoms with Crippen LogP contribution in [0, 0.1) is 0 Å². The fraction of sp³-hybridized carbons (Fsp3) is 0.417. The average molecular weight is 422 g/mol. The van der Waals surface area contributed by atoms with Gasteiger partial charge in [0.05, 0.1) is 22.4 Å². The quantitative estimate of drug-likeness (QED) is 0.628. The van der Waals surface area contributed by atoms with E-state index in [1.165, 1.54) is 6.42 Å². The third kappa shape index (κ3) is 4.31. The van der Waals surface area contributed by atoms with Crippen molar-refractivity contribution in [2.24, 2.45) is 0 Å². The standard InChI is InChI=1S/C24H31N5O2/c1-3-28-21-15-19(26-23(30)25-17-18-11-7-5-8-12-18)20(27-13-9-6-10-14-27)16-22(21)29(4-2)24(28)31/h5,7-8,11-12,15-16H,3-4,6,9-10,13-14,17H2,1-2H3,(H2,25,26,30). The predicted octanol–water partition coefficient (Wildman–Crippen LogP) is 4.15. The first-order chi connectivity index (χ1) is 15.1. The lowest BCUT2D eigenvalue weighted by Gasteiger charge is -2.30. The normalized spacial score (nSPS) is 14.1. The number of aromatic nitrogens is 2. The number of carbonyl (C=O) groups is 1. The van der Waals surface area contributed by atoms with Crippen LogP contribution >= 0.6 is 0 Å². The molecule has 4 rings (SSSR count). The summed E-state index contributed by atoms with van der Waals surface area (Å²) in [5, 5.41) is 5.99. The zero-order valence-electron chi connectivity index (χ0n) is 18.4. The molecule has 7 heteroatoms. The smallest absolute Gasteiger partial charge is 0.329 e. The van der Waals surface area contributed by atoms with Gasteiger partial charge in [-0.2, -0.15) is 0 Å². The number of imidazole rings is 1. The average Bonchev–Trinajstić information content (AvgIpc) is 3.07. The summed E-state index contributed by atoms with van der Waals surface area (Å²) in [5.41, 5.74) is 4.55. The maximum Gasteiger partial charge on any atom is 0.329 e. The van der Waals surface area contributed by atoms with Gasteiger partial charge < -0.3 is 15.5 Å². The Balaban J connectivity index is 1.69. The van der Waals surface area contributed by atoms with E-state index in [0.29, 0.717) is 19.6 Å². The van der Waals surface area contributed by atoms with E-state index in [9.17, 15) is 9.59 Å². The third-order valence-electron chi connectivity index (χ3n) is 6.01. The van der Waals surface area contributed by atoms with E-state index >= 15 is 0 Å². The molecule has 1 aliphatic heterocycles. The van der Waals surface area contributed by atoms with Gasteiger partial charge in [0.25, 0.3) is 0 Å². The molecule has 0 saturated carbocycles. The number of benzene rings is 2. The van der Waals surface area contributed by atoms with Crippen LogP contribution in [-0.4, -0.2) is 28.3 Å². The highest BCUT2D eigenvalue weighted by molar-refractivity contribution is 5.98. The van der Waals surface area contributed by atoms with Gasteiger partial charge in [-0.05, 0) is 50.8 Å². The molecule has 0 aliphatic carbocycles. The van der Waals surface area contributed by atoms with Crippen LogP contribution < -0.4 is 21.2 Å². The van der Waals surface area contributed by atoms with Gasteiger partial charge in [-0.3, -0.25) is 9.13 Å². The van der Waals surface area contributed by atoms with Gasteiger partial charge in [0.15, 0.2) is 0 Å². The van der Waals surface area contributed by atoms with Crippen molar-refractivity contribution in [2.75, 3.05) is 23.3 Å². The molecular formula is C24H31N5O2. The molecule has 1 saturated heterocycles. The van der Waals surface area contributed by atoms with Gasteiger partial charge in [-0.15, -0.1) is 0 Å². The number of amides is 2. The Morgan fingerprint density at radius 3 is 2.23 bits per heavy atom. The zero-order valence-corrected chi connectivity index (χ0v) is 18.4. The van der Waals surface area contributed by atoms with Crippen molar-refractivity contribution < 1.29 is 4.79 Å². The highest BCUT2D eigenvalue weighted by Gasteiger charge is 2.20. The summed E-state index contributed by atoms with van der Waals surface area (Å²) in [7, 11) is 0. The molecule has 164 valence electrons.